The lowest BCUT2D eigenvalue weighted by atomic mass is 10.3. The summed E-state index contributed by atoms with van der Waals surface area (Å²) in [6.45, 7) is 0. The first-order chi connectivity index (χ1) is 9.61. The molecule has 104 valence electrons. The van der Waals surface area contributed by atoms with Gasteiger partial charge in [0.1, 0.15) is 11.3 Å². The molecular formula is C12H12N4O4. The number of hydrazone groups is 1. The predicted molar refractivity (Wildman–Crippen MR) is 73.6 cm³/mol. The van der Waals surface area contributed by atoms with Gasteiger partial charge in [-0.3, -0.25) is 20.2 Å². The lowest BCUT2D eigenvalue weighted by Gasteiger charge is -2.06. The van der Waals surface area contributed by atoms with E-state index >= 15 is 0 Å². The molecule has 0 bridgehead atoms. The van der Waals surface area contributed by atoms with E-state index in [1.807, 2.05) is 4.98 Å². The summed E-state index contributed by atoms with van der Waals surface area (Å²) >= 11 is 0. The summed E-state index contributed by atoms with van der Waals surface area (Å²) in [5, 5.41) is 13.3. The van der Waals surface area contributed by atoms with Crippen molar-refractivity contribution < 1.29 is 9.84 Å². The van der Waals surface area contributed by atoms with Crippen molar-refractivity contribution in [2.75, 3.05) is 12.5 Å². The summed E-state index contributed by atoms with van der Waals surface area (Å²) in [7, 11) is 1.52. The first-order valence-electron chi connectivity index (χ1n) is 5.59. The maximum Gasteiger partial charge on any atom is 0.328 e. The van der Waals surface area contributed by atoms with Crippen LogP contribution in [0.3, 0.4) is 0 Å². The first-order valence-corrected chi connectivity index (χ1v) is 5.59. The fraction of sp³-hybridized carbons (Fsp3) is 0.0833. The first kappa shape index (κ1) is 13.4. The summed E-state index contributed by atoms with van der Waals surface area (Å²) in [6, 6.07) is 7.05. The van der Waals surface area contributed by atoms with Gasteiger partial charge in [-0.1, -0.05) is 12.1 Å². The quantitative estimate of drug-likeness (QED) is 0.470. The number of hydrogen-bond acceptors (Lipinski definition) is 6. The van der Waals surface area contributed by atoms with Gasteiger partial charge in [-0.05, 0) is 12.1 Å². The highest BCUT2D eigenvalue weighted by atomic mass is 16.5. The second-order valence-electron chi connectivity index (χ2n) is 3.74. The van der Waals surface area contributed by atoms with Crippen LogP contribution in [-0.2, 0) is 0 Å². The van der Waals surface area contributed by atoms with Crippen LogP contribution in [0.25, 0.3) is 0 Å². The number of nitrogens with one attached hydrogen (secondary N) is 3. The monoisotopic (exact) mass is 276 g/mol. The predicted octanol–water partition coefficient (Wildman–Crippen LogP) is 0.223. The van der Waals surface area contributed by atoms with E-state index in [2.05, 4.69) is 15.5 Å². The Hall–Kier alpha value is -3.03. The number of aromatic nitrogens is 2. The Balaban J connectivity index is 2.23. The molecule has 1 heterocycles. The third-order valence-electron chi connectivity index (χ3n) is 2.44. The molecule has 8 heteroatoms. The second kappa shape index (κ2) is 5.74. The van der Waals surface area contributed by atoms with E-state index in [-0.39, 0.29) is 5.56 Å². The molecule has 2 aromatic rings. The molecular weight excluding hydrogens is 264 g/mol. The largest absolute Gasteiger partial charge is 0.495 e. The zero-order valence-electron chi connectivity index (χ0n) is 10.5. The molecule has 1 aromatic carbocycles. The second-order valence-corrected chi connectivity index (χ2v) is 3.74. The zero-order valence-corrected chi connectivity index (χ0v) is 10.5. The number of H-pyrrole nitrogens is 2. The molecule has 0 atom stereocenters. The third-order valence-corrected chi connectivity index (χ3v) is 2.44. The van der Waals surface area contributed by atoms with Crippen molar-refractivity contribution in [2.45, 2.75) is 0 Å². The van der Waals surface area contributed by atoms with Gasteiger partial charge in [0.15, 0.2) is 0 Å². The summed E-state index contributed by atoms with van der Waals surface area (Å²) in [6.07, 6.45) is 1.09. The molecule has 0 radical (unpaired) electrons. The number of aromatic amines is 2. The van der Waals surface area contributed by atoms with Gasteiger partial charge in [-0.2, -0.15) is 5.10 Å². The minimum absolute atomic E-state index is 0.160. The molecule has 0 aliphatic rings. The average Bonchev–Trinajstić information content (AvgIpc) is 2.42. The molecule has 0 fully saturated rings. The van der Waals surface area contributed by atoms with Crippen LogP contribution < -0.4 is 21.4 Å². The molecule has 0 unspecified atom stereocenters. The molecule has 2 rings (SSSR count). The molecule has 1 aromatic heterocycles. The number of nitrogens with zero attached hydrogens (tertiary/aromatic N) is 1. The number of ether oxygens (including phenoxy) is 1. The maximum absolute atomic E-state index is 11.4. The van der Waals surface area contributed by atoms with E-state index in [4.69, 9.17) is 4.74 Å². The Kier molecular flexibility index (Phi) is 3.85. The zero-order chi connectivity index (χ0) is 14.5. The van der Waals surface area contributed by atoms with E-state index in [9.17, 15) is 14.7 Å². The van der Waals surface area contributed by atoms with E-state index in [1.165, 1.54) is 7.11 Å². The van der Waals surface area contributed by atoms with Crippen molar-refractivity contribution in [3.63, 3.8) is 0 Å². The Bertz CT molecular complexity index is 748. The maximum atomic E-state index is 11.4. The van der Waals surface area contributed by atoms with Gasteiger partial charge in [-0.15, -0.1) is 0 Å². The molecule has 0 aliphatic carbocycles. The van der Waals surface area contributed by atoms with E-state index in [0.29, 0.717) is 11.4 Å². The van der Waals surface area contributed by atoms with Crippen LogP contribution >= 0.6 is 0 Å². The van der Waals surface area contributed by atoms with E-state index in [0.717, 1.165) is 6.21 Å². The summed E-state index contributed by atoms with van der Waals surface area (Å²) in [5.41, 5.74) is 1.57. The van der Waals surface area contributed by atoms with Gasteiger partial charge in [0, 0.05) is 0 Å². The molecule has 0 saturated carbocycles. The SMILES string of the molecule is COc1ccccc1NN=Cc1c(O)[nH]c(=O)[nH]c1=O. The molecule has 20 heavy (non-hydrogen) atoms. The molecule has 0 saturated heterocycles. The number of rotatable bonds is 4. The van der Waals surface area contributed by atoms with Crippen LogP contribution in [0, 0.1) is 0 Å². The highest BCUT2D eigenvalue weighted by Crippen LogP contribution is 2.22. The van der Waals surface area contributed by atoms with Gasteiger partial charge >= 0.3 is 5.69 Å². The van der Waals surface area contributed by atoms with Crippen molar-refractivity contribution in [1.29, 1.82) is 0 Å². The Morgan fingerprint density at radius 2 is 2.05 bits per heavy atom. The van der Waals surface area contributed by atoms with Crippen LogP contribution in [0.4, 0.5) is 5.69 Å². The summed E-state index contributed by atoms with van der Waals surface area (Å²) < 4.78 is 5.11. The van der Waals surface area contributed by atoms with Gasteiger partial charge in [-0.25, -0.2) is 4.79 Å². The average molecular weight is 276 g/mol. The fourth-order valence-corrected chi connectivity index (χ4v) is 1.51. The molecule has 4 N–H and O–H groups in total. The van der Waals surface area contributed by atoms with Crippen molar-refractivity contribution in [3.8, 4) is 11.6 Å². The smallest absolute Gasteiger partial charge is 0.328 e. The number of para-hydroxylation sites is 2. The van der Waals surface area contributed by atoms with Crippen LogP contribution in [0.15, 0.2) is 39.0 Å². The topological polar surface area (TPSA) is 120 Å². The van der Waals surface area contributed by atoms with Crippen LogP contribution in [0.5, 0.6) is 11.6 Å². The Labute approximate surface area is 112 Å². The van der Waals surface area contributed by atoms with Crippen molar-refractivity contribution in [3.05, 3.63) is 50.7 Å². The van der Waals surface area contributed by atoms with Crippen LogP contribution in [-0.4, -0.2) is 28.4 Å². The number of aromatic hydroxyl groups is 1. The normalized spacial score (nSPS) is 10.7. The van der Waals surface area contributed by atoms with Gasteiger partial charge < -0.3 is 9.84 Å². The van der Waals surface area contributed by atoms with Crippen molar-refractivity contribution in [2.24, 2.45) is 5.10 Å². The van der Waals surface area contributed by atoms with Gasteiger partial charge in [0.05, 0.1) is 19.0 Å². The molecule has 0 aliphatic heterocycles. The lowest BCUT2D eigenvalue weighted by Crippen LogP contribution is -2.25. The Morgan fingerprint density at radius 3 is 2.75 bits per heavy atom. The number of hydrogen-bond donors (Lipinski definition) is 4. The van der Waals surface area contributed by atoms with E-state index in [1.54, 1.807) is 24.3 Å². The number of methoxy groups -OCH3 is 1. The molecule has 0 spiro atoms. The minimum Gasteiger partial charge on any atom is -0.495 e. The van der Waals surface area contributed by atoms with E-state index < -0.39 is 17.1 Å². The highest BCUT2D eigenvalue weighted by molar-refractivity contribution is 5.82. The van der Waals surface area contributed by atoms with Crippen LogP contribution in [0.1, 0.15) is 5.56 Å². The van der Waals surface area contributed by atoms with Crippen molar-refractivity contribution >= 4 is 11.9 Å². The van der Waals surface area contributed by atoms with Gasteiger partial charge in [0.25, 0.3) is 5.56 Å². The number of anilines is 1. The fourth-order valence-electron chi connectivity index (χ4n) is 1.51. The summed E-state index contributed by atoms with van der Waals surface area (Å²) in [5.74, 6) is 0.0218. The minimum atomic E-state index is -0.790. The lowest BCUT2D eigenvalue weighted by molar-refractivity contribution is 0.416. The van der Waals surface area contributed by atoms with Crippen LogP contribution in [0.2, 0.25) is 0 Å². The molecule has 0 amide bonds. The highest BCUT2D eigenvalue weighted by Gasteiger charge is 2.05. The van der Waals surface area contributed by atoms with Gasteiger partial charge in [0.2, 0.25) is 5.88 Å². The van der Waals surface area contributed by atoms with Crippen molar-refractivity contribution in [1.82, 2.24) is 9.97 Å². The molecule has 8 nitrogen and oxygen atoms in total. The third kappa shape index (κ3) is 2.86. The Morgan fingerprint density at radius 1 is 1.30 bits per heavy atom. The summed E-state index contributed by atoms with van der Waals surface area (Å²) in [4.78, 5) is 26.4. The standard InChI is InChI=1S/C12H12N4O4/c1-20-9-5-3-2-4-8(9)16-13-6-7-10(17)14-12(19)15-11(7)18/h2-6,16H,1H3,(H3,14,15,17,18,19). The number of benzene rings is 1.